The molecule has 0 N–H and O–H groups in total. The van der Waals surface area contributed by atoms with E-state index in [1.807, 2.05) is 0 Å². The first-order valence-corrected chi connectivity index (χ1v) is 6.17. The fourth-order valence-corrected chi connectivity index (χ4v) is 2.91. The summed E-state index contributed by atoms with van der Waals surface area (Å²) in [5.74, 6) is 0.336. The largest absolute Gasteiger partial charge is 0.465 e. The van der Waals surface area contributed by atoms with Crippen molar-refractivity contribution >= 4 is 11.9 Å². The third-order valence-corrected chi connectivity index (χ3v) is 3.63. The van der Waals surface area contributed by atoms with Crippen molar-refractivity contribution in [3.05, 3.63) is 0 Å². The lowest BCUT2D eigenvalue weighted by Crippen LogP contribution is -2.40. The summed E-state index contributed by atoms with van der Waals surface area (Å²) in [4.78, 5) is 24.9. The number of carbonyl (C=O) groups excluding carboxylic acids is 2. The molecule has 2 atom stereocenters. The Morgan fingerprint density at radius 2 is 2.19 bits per heavy atom. The highest BCUT2D eigenvalue weighted by Crippen LogP contribution is 2.36. The molecule has 2 aliphatic rings. The third-order valence-electron chi connectivity index (χ3n) is 3.63. The van der Waals surface area contributed by atoms with Gasteiger partial charge in [0.25, 0.3) is 0 Å². The number of esters is 1. The Hall–Kier alpha value is -1.06. The summed E-state index contributed by atoms with van der Waals surface area (Å²) in [6, 6.07) is 0.297. The normalized spacial score (nSPS) is 29.1. The van der Waals surface area contributed by atoms with Gasteiger partial charge in [0, 0.05) is 12.5 Å². The molecule has 0 radical (unpaired) electrons. The molecule has 2 fully saturated rings. The first-order valence-electron chi connectivity index (χ1n) is 6.17. The van der Waals surface area contributed by atoms with E-state index in [2.05, 4.69) is 0 Å². The van der Waals surface area contributed by atoms with E-state index in [1.54, 1.807) is 11.8 Å². The molecule has 0 spiro atoms. The van der Waals surface area contributed by atoms with Crippen LogP contribution in [0.4, 0.5) is 0 Å². The standard InChI is InChI=1S/C12H19NO3/c1-2-16-12(15)8-13-10-6-4-3-5-9(10)7-11(13)14/h9-10H,2-8H2,1H3/t9-,10-/m0/s1. The van der Waals surface area contributed by atoms with Crippen molar-refractivity contribution < 1.29 is 14.3 Å². The van der Waals surface area contributed by atoms with Crippen LogP contribution in [0.25, 0.3) is 0 Å². The van der Waals surface area contributed by atoms with Gasteiger partial charge in [-0.2, -0.15) is 0 Å². The van der Waals surface area contributed by atoms with Crippen LogP contribution in [-0.2, 0) is 14.3 Å². The number of carbonyl (C=O) groups is 2. The molecule has 1 amide bonds. The average molecular weight is 225 g/mol. The quantitative estimate of drug-likeness (QED) is 0.681. The molecule has 90 valence electrons. The first kappa shape index (κ1) is 11.4. The highest BCUT2D eigenvalue weighted by Gasteiger charge is 2.41. The Kier molecular flexibility index (Phi) is 3.46. The molecular formula is C12H19NO3. The zero-order valence-electron chi connectivity index (χ0n) is 9.78. The van der Waals surface area contributed by atoms with Crippen molar-refractivity contribution in [3.8, 4) is 0 Å². The van der Waals surface area contributed by atoms with E-state index in [-0.39, 0.29) is 18.4 Å². The predicted octanol–water partition coefficient (Wildman–Crippen LogP) is 1.34. The van der Waals surface area contributed by atoms with Crippen molar-refractivity contribution in [2.45, 2.75) is 45.1 Å². The van der Waals surface area contributed by atoms with Gasteiger partial charge >= 0.3 is 5.97 Å². The molecule has 0 aromatic carbocycles. The van der Waals surface area contributed by atoms with Gasteiger partial charge < -0.3 is 9.64 Å². The van der Waals surface area contributed by atoms with Gasteiger partial charge in [0.2, 0.25) is 5.91 Å². The minimum atomic E-state index is -0.276. The molecule has 1 saturated heterocycles. The number of nitrogens with zero attached hydrogens (tertiary/aromatic N) is 1. The van der Waals surface area contributed by atoms with Crippen molar-refractivity contribution in [1.29, 1.82) is 0 Å². The summed E-state index contributed by atoms with van der Waals surface area (Å²) in [6.45, 7) is 2.32. The van der Waals surface area contributed by atoms with Gasteiger partial charge in [-0.25, -0.2) is 0 Å². The Morgan fingerprint density at radius 1 is 1.44 bits per heavy atom. The molecule has 0 unspecified atom stereocenters. The van der Waals surface area contributed by atoms with Crippen molar-refractivity contribution in [1.82, 2.24) is 4.90 Å². The summed E-state index contributed by atoms with van der Waals surface area (Å²) in [5, 5.41) is 0. The minimum absolute atomic E-state index is 0.130. The summed E-state index contributed by atoms with van der Waals surface area (Å²) in [7, 11) is 0. The highest BCUT2D eigenvalue weighted by molar-refractivity contribution is 5.84. The predicted molar refractivity (Wildman–Crippen MR) is 58.7 cm³/mol. The minimum Gasteiger partial charge on any atom is -0.465 e. The van der Waals surface area contributed by atoms with E-state index in [9.17, 15) is 9.59 Å². The Balaban J connectivity index is 1.97. The van der Waals surface area contributed by atoms with E-state index >= 15 is 0 Å². The zero-order chi connectivity index (χ0) is 11.5. The number of likely N-dealkylation sites (tertiary alicyclic amines) is 1. The molecule has 4 heteroatoms. The van der Waals surface area contributed by atoms with Crippen LogP contribution < -0.4 is 0 Å². The fraction of sp³-hybridized carbons (Fsp3) is 0.833. The van der Waals surface area contributed by atoms with E-state index in [1.165, 1.54) is 12.8 Å². The summed E-state index contributed by atoms with van der Waals surface area (Å²) in [5.41, 5.74) is 0. The van der Waals surface area contributed by atoms with Crippen LogP contribution in [0.1, 0.15) is 39.0 Å². The van der Waals surface area contributed by atoms with Crippen LogP contribution in [0.5, 0.6) is 0 Å². The highest BCUT2D eigenvalue weighted by atomic mass is 16.5. The molecule has 0 bridgehead atoms. The number of hydrogen-bond donors (Lipinski definition) is 0. The van der Waals surface area contributed by atoms with Gasteiger partial charge in [0.05, 0.1) is 6.61 Å². The maximum absolute atomic E-state index is 11.8. The van der Waals surface area contributed by atoms with E-state index in [0.717, 1.165) is 12.8 Å². The maximum Gasteiger partial charge on any atom is 0.325 e. The monoisotopic (exact) mass is 225 g/mol. The van der Waals surface area contributed by atoms with Gasteiger partial charge in [0.15, 0.2) is 0 Å². The molecule has 16 heavy (non-hydrogen) atoms. The molecule has 2 rings (SSSR count). The zero-order valence-corrected chi connectivity index (χ0v) is 9.78. The van der Waals surface area contributed by atoms with Crippen molar-refractivity contribution in [2.75, 3.05) is 13.2 Å². The maximum atomic E-state index is 11.8. The van der Waals surface area contributed by atoms with E-state index in [4.69, 9.17) is 4.74 Å². The lowest BCUT2D eigenvalue weighted by molar-refractivity contribution is -0.148. The van der Waals surface area contributed by atoms with E-state index in [0.29, 0.717) is 25.0 Å². The van der Waals surface area contributed by atoms with Gasteiger partial charge in [-0.15, -0.1) is 0 Å². The molecule has 1 aliphatic heterocycles. The second-order valence-corrected chi connectivity index (χ2v) is 4.64. The summed E-state index contributed by atoms with van der Waals surface area (Å²) < 4.78 is 4.90. The number of amides is 1. The smallest absolute Gasteiger partial charge is 0.325 e. The number of ether oxygens (including phenoxy) is 1. The number of rotatable bonds is 3. The average Bonchev–Trinajstić information content (AvgIpc) is 2.56. The molecule has 1 aliphatic carbocycles. The van der Waals surface area contributed by atoms with Crippen LogP contribution in [-0.4, -0.2) is 36.0 Å². The van der Waals surface area contributed by atoms with Crippen LogP contribution in [0.2, 0.25) is 0 Å². The van der Waals surface area contributed by atoms with Gasteiger partial charge in [0.1, 0.15) is 6.54 Å². The molecule has 1 heterocycles. The fourth-order valence-electron chi connectivity index (χ4n) is 2.91. The van der Waals surface area contributed by atoms with Crippen LogP contribution in [0.15, 0.2) is 0 Å². The SMILES string of the molecule is CCOC(=O)CN1C(=O)C[C@@H]2CCCC[C@@H]21. The van der Waals surface area contributed by atoms with Crippen LogP contribution in [0.3, 0.4) is 0 Å². The van der Waals surface area contributed by atoms with Crippen molar-refractivity contribution in [3.63, 3.8) is 0 Å². The van der Waals surface area contributed by atoms with Gasteiger partial charge in [-0.05, 0) is 25.7 Å². The Morgan fingerprint density at radius 3 is 2.94 bits per heavy atom. The second kappa shape index (κ2) is 4.85. The lowest BCUT2D eigenvalue weighted by Gasteiger charge is -2.30. The second-order valence-electron chi connectivity index (χ2n) is 4.64. The number of hydrogen-bond acceptors (Lipinski definition) is 3. The van der Waals surface area contributed by atoms with Crippen LogP contribution in [0, 0.1) is 5.92 Å². The molecular weight excluding hydrogens is 206 g/mol. The first-order chi connectivity index (χ1) is 7.72. The molecule has 0 aromatic rings. The number of fused-ring (bicyclic) bond motifs is 1. The lowest BCUT2D eigenvalue weighted by atomic mass is 9.85. The summed E-state index contributed by atoms with van der Waals surface area (Å²) >= 11 is 0. The topological polar surface area (TPSA) is 46.6 Å². The third kappa shape index (κ3) is 2.20. The van der Waals surface area contributed by atoms with Gasteiger partial charge in [-0.1, -0.05) is 12.8 Å². The Bertz CT molecular complexity index is 290. The van der Waals surface area contributed by atoms with Crippen molar-refractivity contribution in [2.24, 2.45) is 5.92 Å². The van der Waals surface area contributed by atoms with Gasteiger partial charge in [-0.3, -0.25) is 9.59 Å². The van der Waals surface area contributed by atoms with E-state index < -0.39 is 0 Å². The molecule has 4 nitrogen and oxygen atoms in total. The van der Waals surface area contributed by atoms with Crippen LogP contribution >= 0.6 is 0 Å². The molecule has 0 aromatic heterocycles. The Labute approximate surface area is 95.9 Å². The summed E-state index contributed by atoms with van der Waals surface area (Å²) in [6.07, 6.45) is 5.21. The molecule has 1 saturated carbocycles.